The minimum absolute atomic E-state index is 0.0249. The van der Waals surface area contributed by atoms with Gasteiger partial charge in [-0.2, -0.15) is 0 Å². The Kier molecular flexibility index (Phi) is 11.1. The first-order valence-electron chi connectivity index (χ1n) is 12.8. The number of rotatable bonds is 13. The Bertz CT molecular complexity index is 1440. The van der Waals surface area contributed by atoms with Gasteiger partial charge < -0.3 is 21.3 Å². The van der Waals surface area contributed by atoms with E-state index in [9.17, 15) is 24.3 Å². The largest absolute Gasteiger partial charge is 0.480 e. The quantitative estimate of drug-likeness (QED) is 0.142. The molecule has 1 aromatic carbocycles. The van der Waals surface area contributed by atoms with E-state index in [0.717, 1.165) is 10.6 Å². The van der Waals surface area contributed by atoms with Crippen LogP contribution in [0.2, 0.25) is 10.0 Å². The first-order valence-corrected chi connectivity index (χ1v) is 16.6. The molecule has 0 saturated carbocycles. The van der Waals surface area contributed by atoms with Crippen molar-refractivity contribution in [2.75, 3.05) is 17.3 Å². The minimum Gasteiger partial charge on any atom is -0.480 e. The Labute approximate surface area is 265 Å². The number of hydrogen-bond donors (Lipinski definition) is 4. The van der Waals surface area contributed by atoms with Gasteiger partial charge in [-0.05, 0) is 30.2 Å². The molecule has 0 spiro atoms. The van der Waals surface area contributed by atoms with Crippen molar-refractivity contribution < 1.29 is 34.0 Å². The summed E-state index contributed by atoms with van der Waals surface area (Å²) in [4.78, 5) is 51.6. The van der Waals surface area contributed by atoms with E-state index in [1.165, 1.54) is 40.2 Å². The number of benzene rings is 1. The Morgan fingerprint density at radius 3 is 2.67 bits per heavy atom. The van der Waals surface area contributed by atoms with Gasteiger partial charge in [-0.1, -0.05) is 23.2 Å². The number of amides is 2. The van der Waals surface area contributed by atoms with Crippen molar-refractivity contribution in [2.24, 2.45) is 5.73 Å². The summed E-state index contributed by atoms with van der Waals surface area (Å²) >= 11 is 16.3. The maximum atomic E-state index is 13.0. The van der Waals surface area contributed by atoms with E-state index in [0.29, 0.717) is 51.4 Å². The summed E-state index contributed by atoms with van der Waals surface area (Å²) in [5.41, 5.74) is 7.15. The van der Waals surface area contributed by atoms with Gasteiger partial charge in [0, 0.05) is 51.8 Å². The lowest BCUT2D eigenvalue weighted by Gasteiger charge is -2.49. The van der Waals surface area contributed by atoms with Gasteiger partial charge in [0.15, 0.2) is 11.9 Å². The van der Waals surface area contributed by atoms with Crippen LogP contribution in [0.1, 0.15) is 18.5 Å². The summed E-state index contributed by atoms with van der Waals surface area (Å²) in [5.74, 6) is -2.18. The zero-order valence-electron chi connectivity index (χ0n) is 22.4. The Balaban J connectivity index is 1.34. The number of aryl methyl sites for hydroxylation is 2. The molecule has 0 bridgehead atoms. The maximum Gasteiger partial charge on any atom is 0.352 e. The van der Waals surface area contributed by atoms with Crippen LogP contribution < -0.4 is 15.6 Å². The molecule has 5 N–H and O–H groups in total. The number of pyridine rings is 1. The van der Waals surface area contributed by atoms with Crippen LogP contribution in [0.15, 0.2) is 57.6 Å². The highest BCUT2D eigenvalue weighted by atomic mass is 35.5. The SMILES string of the molecule is Cc1cc(SCC2=C(C(=O)O)N3C(=O)[C@@H](NC(=O)CSc4cc(Cl)ccc4Cl)[C@H]3SC2)cc[n+]1CCC[C@H](N)C(=O)O. The van der Waals surface area contributed by atoms with Crippen LogP contribution in [-0.4, -0.2) is 73.6 Å². The number of halogens is 2. The van der Waals surface area contributed by atoms with E-state index in [1.807, 2.05) is 29.8 Å². The van der Waals surface area contributed by atoms with Gasteiger partial charge in [0.1, 0.15) is 29.7 Å². The van der Waals surface area contributed by atoms with Crippen LogP contribution in [0.25, 0.3) is 0 Å². The number of aliphatic carboxylic acids is 2. The third kappa shape index (κ3) is 7.74. The van der Waals surface area contributed by atoms with Gasteiger partial charge in [-0.3, -0.25) is 19.3 Å². The number of thioether (sulfide) groups is 3. The van der Waals surface area contributed by atoms with Crippen molar-refractivity contribution in [1.82, 2.24) is 10.2 Å². The van der Waals surface area contributed by atoms with Crippen molar-refractivity contribution in [3.05, 3.63) is 63.5 Å². The molecule has 224 valence electrons. The highest BCUT2D eigenvalue weighted by molar-refractivity contribution is 8.01. The molecule has 1 fully saturated rings. The van der Waals surface area contributed by atoms with Gasteiger partial charge in [0.05, 0.1) is 10.8 Å². The second kappa shape index (κ2) is 14.4. The summed E-state index contributed by atoms with van der Waals surface area (Å²) in [6, 6.07) is 7.17. The number of carbonyl (C=O) groups excluding carboxylic acids is 2. The van der Waals surface area contributed by atoms with Gasteiger partial charge >= 0.3 is 11.9 Å². The van der Waals surface area contributed by atoms with Gasteiger partial charge in [-0.15, -0.1) is 35.3 Å². The lowest BCUT2D eigenvalue weighted by atomic mass is 10.0. The topological polar surface area (TPSA) is 154 Å². The number of carboxylic acid groups (broad SMARTS) is 2. The molecule has 15 heteroatoms. The van der Waals surface area contributed by atoms with Crippen molar-refractivity contribution >= 4 is 82.2 Å². The standard InChI is InChI=1S/C27H28Cl2N4O6S3/c1-14-9-17(6-8-32(14)7-2-3-19(30)26(36)37)40-11-15-12-42-25-22(24(35)33(25)23(15)27(38)39)31-21(34)13-41-20-10-16(28)4-5-18(20)29/h4-6,8-10,19,22,25H,2-3,7,11-13,30H2,1H3,(H2-,31,34,36,37,38,39)/p+1/t19-,22+,25+/m0/s1. The molecule has 42 heavy (non-hydrogen) atoms. The maximum absolute atomic E-state index is 13.0. The normalized spacial score (nSPS) is 18.8. The zero-order chi connectivity index (χ0) is 30.6. The molecule has 0 aliphatic carbocycles. The number of carbonyl (C=O) groups is 4. The van der Waals surface area contributed by atoms with Crippen LogP contribution in [-0.2, 0) is 25.7 Å². The summed E-state index contributed by atoms with van der Waals surface area (Å²) in [6.07, 6.45) is 2.91. The first-order chi connectivity index (χ1) is 20.0. The van der Waals surface area contributed by atoms with Crippen LogP contribution in [0.3, 0.4) is 0 Å². The molecule has 2 aliphatic heterocycles. The summed E-state index contributed by atoms with van der Waals surface area (Å²) in [5, 5.41) is 22.1. The molecule has 4 rings (SSSR count). The Morgan fingerprint density at radius 2 is 1.98 bits per heavy atom. The lowest BCUT2D eigenvalue weighted by molar-refractivity contribution is -0.703. The molecular weight excluding hydrogens is 643 g/mol. The lowest BCUT2D eigenvalue weighted by Crippen LogP contribution is -2.70. The smallest absolute Gasteiger partial charge is 0.352 e. The molecule has 3 atom stereocenters. The van der Waals surface area contributed by atoms with Crippen molar-refractivity contribution in [1.29, 1.82) is 0 Å². The van der Waals surface area contributed by atoms with Gasteiger partial charge in [-0.25, -0.2) is 9.36 Å². The second-order valence-electron chi connectivity index (χ2n) is 9.65. The van der Waals surface area contributed by atoms with Crippen molar-refractivity contribution in [3.63, 3.8) is 0 Å². The molecule has 2 aromatic rings. The van der Waals surface area contributed by atoms with E-state index in [-0.39, 0.29) is 17.4 Å². The molecule has 2 aliphatic rings. The number of nitrogens with zero attached hydrogens (tertiary/aromatic N) is 2. The van der Waals surface area contributed by atoms with Crippen LogP contribution in [0.5, 0.6) is 0 Å². The Hall–Kier alpha value is -2.42. The molecule has 1 saturated heterocycles. The number of nitrogens with one attached hydrogen (secondary N) is 1. The number of fused-ring (bicyclic) bond motifs is 1. The van der Waals surface area contributed by atoms with E-state index >= 15 is 0 Å². The van der Waals surface area contributed by atoms with Crippen LogP contribution >= 0.6 is 58.5 Å². The number of nitrogens with two attached hydrogens (primary N) is 1. The number of β-lactam (4-membered cyclic amide) rings is 1. The predicted molar refractivity (Wildman–Crippen MR) is 164 cm³/mol. The van der Waals surface area contributed by atoms with Crippen molar-refractivity contribution in [3.8, 4) is 0 Å². The predicted octanol–water partition coefficient (Wildman–Crippen LogP) is 3.40. The minimum atomic E-state index is -1.18. The van der Waals surface area contributed by atoms with Gasteiger partial charge in [0.2, 0.25) is 5.91 Å². The fourth-order valence-electron chi connectivity index (χ4n) is 4.47. The Morgan fingerprint density at radius 1 is 1.21 bits per heavy atom. The average Bonchev–Trinajstić information content (AvgIpc) is 2.95. The summed E-state index contributed by atoms with van der Waals surface area (Å²) in [6.45, 7) is 2.57. The number of aromatic nitrogens is 1. The summed E-state index contributed by atoms with van der Waals surface area (Å²) < 4.78 is 2.01. The van der Waals surface area contributed by atoms with E-state index in [4.69, 9.17) is 34.0 Å². The molecule has 3 heterocycles. The molecule has 10 nitrogen and oxygen atoms in total. The van der Waals surface area contributed by atoms with Crippen molar-refractivity contribution in [2.45, 2.75) is 53.6 Å². The molecule has 0 unspecified atom stereocenters. The highest BCUT2D eigenvalue weighted by Crippen LogP contribution is 2.41. The third-order valence-electron chi connectivity index (χ3n) is 6.69. The van der Waals surface area contributed by atoms with E-state index < -0.39 is 35.3 Å². The van der Waals surface area contributed by atoms with Gasteiger partial charge in [0.25, 0.3) is 5.91 Å². The molecule has 1 aromatic heterocycles. The summed E-state index contributed by atoms with van der Waals surface area (Å²) in [7, 11) is 0. The van der Waals surface area contributed by atoms with E-state index in [1.54, 1.807) is 18.2 Å². The number of hydrogen-bond acceptors (Lipinski definition) is 8. The zero-order valence-corrected chi connectivity index (χ0v) is 26.4. The van der Waals surface area contributed by atoms with Crippen LogP contribution in [0.4, 0.5) is 0 Å². The average molecular weight is 673 g/mol. The molecular formula is C27H29Cl2N4O6S3+. The fraction of sp³-hybridized carbons (Fsp3) is 0.370. The molecule has 0 radical (unpaired) electrons. The molecule has 2 amide bonds. The van der Waals surface area contributed by atoms with Crippen LogP contribution in [0, 0.1) is 6.92 Å². The van der Waals surface area contributed by atoms with E-state index in [2.05, 4.69) is 5.32 Å². The monoisotopic (exact) mass is 671 g/mol. The highest BCUT2D eigenvalue weighted by Gasteiger charge is 2.54. The fourth-order valence-corrected chi connectivity index (χ4v) is 8.24. The number of carboxylic acids is 2. The third-order valence-corrected chi connectivity index (χ3v) is 10.8. The second-order valence-corrected chi connectivity index (χ2v) is 13.7. The first kappa shape index (κ1) is 32.5.